The van der Waals surface area contributed by atoms with Crippen molar-refractivity contribution in [2.24, 2.45) is 17.1 Å². The van der Waals surface area contributed by atoms with Gasteiger partial charge in [0.1, 0.15) is 0 Å². The number of nitrogens with two attached hydrogens (primary N) is 1. The highest BCUT2D eigenvalue weighted by Gasteiger charge is 2.25. The molecule has 0 spiro atoms. The molecule has 32 heavy (non-hydrogen) atoms. The Kier molecular flexibility index (Phi) is 18.0. The number of amides is 2. The molecule has 0 bridgehead atoms. The average Bonchev–Trinajstić information content (AvgIpc) is 2.70. The van der Waals surface area contributed by atoms with Gasteiger partial charge in [-0.2, -0.15) is 0 Å². The van der Waals surface area contributed by atoms with Crippen LogP contribution in [0.5, 0.6) is 0 Å². The number of hydrogen-bond donors (Lipinski definition) is 3. The second kappa shape index (κ2) is 18.9. The van der Waals surface area contributed by atoms with E-state index in [-0.39, 0.29) is 18.7 Å². The number of carbonyl (C=O) groups excluding carboxylic acids is 2. The van der Waals surface area contributed by atoms with Gasteiger partial charge >= 0.3 is 5.97 Å². The first-order valence-corrected chi connectivity index (χ1v) is 13.0. The lowest BCUT2D eigenvalue weighted by Gasteiger charge is -2.25. The second-order valence-electron chi connectivity index (χ2n) is 10.2. The molecule has 0 aliphatic rings. The fourth-order valence-electron chi connectivity index (χ4n) is 4.13. The molecule has 0 rings (SSSR count). The van der Waals surface area contributed by atoms with E-state index in [1.165, 1.54) is 70.6 Å². The largest absolute Gasteiger partial charge is 0.481 e. The van der Waals surface area contributed by atoms with E-state index in [2.05, 4.69) is 12.2 Å². The minimum atomic E-state index is -0.952. The number of carboxylic acid groups (broad SMARTS) is 1. The predicted octanol–water partition coefficient (Wildman–Crippen LogP) is 5.97. The molecule has 6 nitrogen and oxygen atoms in total. The van der Waals surface area contributed by atoms with Crippen LogP contribution in [0.15, 0.2) is 0 Å². The Balaban J connectivity index is 3.90. The molecular formula is C26H50N2O4. The molecule has 6 heteroatoms. The predicted molar refractivity (Wildman–Crippen MR) is 131 cm³/mol. The van der Waals surface area contributed by atoms with Crippen LogP contribution < -0.4 is 11.1 Å². The SMILES string of the molecule is CCCCCCCCCCCCCCCCC(CC(=O)O)C(=O)NCC(C)(C)CC(N)=O. The first kappa shape index (κ1) is 30.4. The van der Waals surface area contributed by atoms with Crippen LogP contribution in [0.25, 0.3) is 0 Å². The molecule has 4 N–H and O–H groups in total. The standard InChI is InChI=1S/C26H50N2O4/c1-4-5-6-7-8-9-10-11-12-13-14-15-16-17-18-22(19-24(30)31)25(32)28-21-26(2,3)20-23(27)29/h22H,4-21H2,1-3H3,(H2,27,29)(H,28,32)(H,30,31). The van der Waals surface area contributed by atoms with Gasteiger partial charge in [-0.05, 0) is 11.8 Å². The van der Waals surface area contributed by atoms with Gasteiger partial charge in [0.2, 0.25) is 11.8 Å². The monoisotopic (exact) mass is 454 g/mol. The number of unbranched alkanes of at least 4 members (excludes halogenated alkanes) is 13. The van der Waals surface area contributed by atoms with Gasteiger partial charge in [-0.25, -0.2) is 0 Å². The third-order valence-electron chi connectivity index (χ3n) is 6.09. The summed E-state index contributed by atoms with van der Waals surface area (Å²) < 4.78 is 0. The summed E-state index contributed by atoms with van der Waals surface area (Å²) in [6.45, 7) is 6.28. The Morgan fingerprint density at radius 3 is 1.66 bits per heavy atom. The van der Waals surface area contributed by atoms with Crippen LogP contribution in [-0.4, -0.2) is 29.4 Å². The topological polar surface area (TPSA) is 109 Å². The molecule has 0 aliphatic heterocycles. The Labute approximate surface area is 196 Å². The lowest BCUT2D eigenvalue weighted by molar-refractivity contribution is -0.141. The van der Waals surface area contributed by atoms with E-state index in [1.54, 1.807) is 0 Å². The quantitative estimate of drug-likeness (QED) is 0.175. The summed E-state index contributed by atoms with van der Waals surface area (Å²) in [5, 5.41) is 12.0. The van der Waals surface area contributed by atoms with Crippen molar-refractivity contribution in [2.75, 3.05) is 6.54 Å². The summed E-state index contributed by atoms with van der Waals surface area (Å²) >= 11 is 0. The molecular weight excluding hydrogens is 404 g/mol. The van der Waals surface area contributed by atoms with Crippen molar-refractivity contribution < 1.29 is 19.5 Å². The summed E-state index contributed by atoms with van der Waals surface area (Å²) in [6, 6.07) is 0. The smallest absolute Gasteiger partial charge is 0.304 e. The average molecular weight is 455 g/mol. The maximum atomic E-state index is 12.5. The summed E-state index contributed by atoms with van der Waals surface area (Å²) in [6.07, 6.45) is 18.4. The van der Waals surface area contributed by atoms with E-state index in [4.69, 9.17) is 10.8 Å². The number of hydrogen-bond acceptors (Lipinski definition) is 3. The van der Waals surface area contributed by atoms with Crippen LogP contribution in [0.3, 0.4) is 0 Å². The molecule has 0 aromatic rings. The van der Waals surface area contributed by atoms with Gasteiger partial charge in [0, 0.05) is 18.9 Å². The van der Waals surface area contributed by atoms with E-state index < -0.39 is 23.2 Å². The molecule has 0 fully saturated rings. The minimum Gasteiger partial charge on any atom is -0.481 e. The van der Waals surface area contributed by atoms with E-state index >= 15 is 0 Å². The first-order valence-electron chi connectivity index (χ1n) is 13.0. The fourth-order valence-corrected chi connectivity index (χ4v) is 4.13. The van der Waals surface area contributed by atoms with Gasteiger partial charge < -0.3 is 16.2 Å². The lowest BCUT2D eigenvalue weighted by Crippen LogP contribution is -2.40. The first-order chi connectivity index (χ1) is 15.2. The highest BCUT2D eigenvalue weighted by molar-refractivity contribution is 5.83. The van der Waals surface area contributed by atoms with Gasteiger partial charge in [0.15, 0.2) is 0 Å². The molecule has 0 aromatic heterocycles. The zero-order valence-electron chi connectivity index (χ0n) is 21.1. The molecule has 1 unspecified atom stereocenters. The zero-order valence-corrected chi connectivity index (χ0v) is 21.1. The second-order valence-corrected chi connectivity index (χ2v) is 10.2. The van der Waals surface area contributed by atoms with E-state index in [9.17, 15) is 14.4 Å². The Bertz CT molecular complexity index is 520. The van der Waals surface area contributed by atoms with Crippen LogP contribution in [0.1, 0.15) is 130 Å². The highest BCUT2D eigenvalue weighted by atomic mass is 16.4. The molecule has 0 heterocycles. The molecule has 188 valence electrons. The third kappa shape index (κ3) is 19.1. The maximum absolute atomic E-state index is 12.5. The summed E-state index contributed by atoms with van der Waals surface area (Å²) in [4.78, 5) is 34.8. The molecule has 0 radical (unpaired) electrons. The summed E-state index contributed by atoms with van der Waals surface area (Å²) in [7, 11) is 0. The van der Waals surface area contributed by atoms with Crippen LogP contribution in [0, 0.1) is 11.3 Å². The van der Waals surface area contributed by atoms with Crippen LogP contribution >= 0.6 is 0 Å². The molecule has 0 aliphatic carbocycles. The van der Waals surface area contributed by atoms with Crippen LogP contribution in [0.2, 0.25) is 0 Å². The number of aliphatic carboxylic acids is 1. The fraction of sp³-hybridized carbons (Fsp3) is 0.885. The molecule has 0 saturated heterocycles. The van der Waals surface area contributed by atoms with E-state index in [0.717, 1.165) is 19.3 Å². The zero-order chi connectivity index (χ0) is 24.2. The molecule has 1 atom stereocenters. The molecule has 2 amide bonds. The number of carbonyl (C=O) groups is 3. The van der Waals surface area contributed by atoms with Crippen LogP contribution in [0.4, 0.5) is 0 Å². The van der Waals surface area contributed by atoms with Crippen LogP contribution in [-0.2, 0) is 14.4 Å². The lowest BCUT2D eigenvalue weighted by atomic mass is 9.88. The minimum absolute atomic E-state index is 0.152. The van der Waals surface area contributed by atoms with Crippen molar-refractivity contribution >= 4 is 17.8 Å². The van der Waals surface area contributed by atoms with Gasteiger partial charge in [-0.1, -0.05) is 111 Å². The highest BCUT2D eigenvalue weighted by Crippen LogP contribution is 2.20. The van der Waals surface area contributed by atoms with Crippen molar-refractivity contribution in [3.8, 4) is 0 Å². The van der Waals surface area contributed by atoms with Gasteiger partial charge in [0.25, 0.3) is 0 Å². The Morgan fingerprint density at radius 1 is 0.812 bits per heavy atom. The number of nitrogens with one attached hydrogen (secondary N) is 1. The van der Waals surface area contributed by atoms with Crippen molar-refractivity contribution in [1.82, 2.24) is 5.32 Å². The van der Waals surface area contributed by atoms with Gasteiger partial charge in [-0.3, -0.25) is 14.4 Å². The van der Waals surface area contributed by atoms with E-state index in [1.807, 2.05) is 13.8 Å². The third-order valence-corrected chi connectivity index (χ3v) is 6.09. The van der Waals surface area contributed by atoms with Crippen molar-refractivity contribution in [3.05, 3.63) is 0 Å². The summed E-state index contributed by atoms with van der Waals surface area (Å²) in [5.74, 6) is -2.12. The Morgan fingerprint density at radius 2 is 1.25 bits per heavy atom. The number of primary amides is 1. The maximum Gasteiger partial charge on any atom is 0.304 e. The molecule has 0 saturated carbocycles. The molecule has 0 aromatic carbocycles. The van der Waals surface area contributed by atoms with Crippen molar-refractivity contribution in [1.29, 1.82) is 0 Å². The van der Waals surface area contributed by atoms with Gasteiger partial charge in [0.05, 0.1) is 6.42 Å². The summed E-state index contributed by atoms with van der Waals surface area (Å²) in [5.41, 5.74) is 4.81. The van der Waals surface area contributed by atoms with Crippen molar-refractivity contribution in [3.63, 3.8) is 0 Å². The van der Waals surface area contributed by atoms with E-state index in [0.29, 0.717) is 13.0 Å². The number of carboxylic acids is 1. The van der Waals surface area contributed by atoms with Crippen molar-refractivity contribution in [2.45, 2.75) is 130 Å². The Hall–Kier alpha value is -1.59. The normalized spacial score (nSPS) is 12.5. The van der Waals surface area contributed by atoms with Gasteiger partial charge in [-0.15, -0.1) is 0 Å². The number of rotatable bonds is 22.